The van der Waals surface area contributed by atoms with Crippen LogP contribution < -0.4 is 10.6 Å². The fourth-order valence-corrected chi connectivity index (χ4v) is 4.53. The molecule has 2 aliphatic heterocycles. The number of pyridine rings is 1. The fraction of sp³-hybridized carbons (Fsp3) is 0.368. The maximum Gasteiger partial charge on any atom is 0.251 e. The summed E-state index contributed by atoms with van der Waals surface area (Å²) in [6, 6.07) is 11.3. The van der Waals surface area contributed by atoms with E-state index in [0.717, 1.165) is 27.3 Å². The fourth-order valence-electron chi connectivity index (χ4n) is 3.63. The lowest BCUT2D eigenvalue weighted by atomic mass is 9.95. The van der Waals surface area contributed by atoms with Crippen LogP contribution in [0.2, 0.25) is 0 Å². The molecule has 4 nitrogen and oxygen atoms in total. The lowest BCUT2D eigenvalue weighted by molar-refractivity contribution is 0.0931. The molecule has 24 heavy (non-hydrogen) atoms. The summed E-state index contributed by atoms with van der Waals surface area (Å²) in [6.07, 6.45) is 7.19. The summed E-state index contributed by atoms with van der Waals surface area (Å²) in [4.78, 5) is 18.9. The lowest BCUT2D eigenvalue weighted by Crippen LogP contribution is -2.42. The predicted molar refractivity (Wildman–Crippen MR) is 95.4 cm³/mol. The summed E-state index contributed by atoms with van der Waals surface area (Å²) < 4.78 is 0. The molecule has 1 aromatic heterocycles. The zero-order chi connectivity index (χ0) is 16.5. The third-order valence-electron chi connectivity index (χ3n) is 4.82. The molecule has 4 rings (SSSR count). The molecular formula is C19H21N3OS. The lowest BCUT2D eigenvalue weighted by Gasteiger charge is -2.21. The second kappa shape index (κ2) is 6.57. The molecule has 124 valence electrons. The zero-order valence-electron chi connectivity index (χ0n) is 13.7. The van der Waals surface area contributed by atoms with Crippen LogP contribution in [0.15, 0.2) is 52.5 Å². The van der Waals surface area contributed by atoms with Gasteiger partial charge in [-0.2, -0.15) is 0 Å². The molecule has 1 amide bonds. The predicted octanol–water partition coefficient (Wildman–Crippen LogP) is 3.16. The molecule has 0 saturated carbocycles. The second-order valence-electron chi connectivity index (χ2n) is 6.69. The highest BCUT2D eigenvalue weighted by Crippen LogP contribution is 2.29. The van der Waals surface area contributed by atoms with Gasteiger partial charge in [-0.1, -0.05) is 11.8 Å². The van der Waals surface area contributed by atoms with Crippen molar-refractivity contribution >= 4 is 17.7 Å². The number of amides is 1. The van der Waals surface area contributed by atoms with Gasteiger partial charge in [0.15, 0.2) is 0 Å². The standard InChI is InChI=1S/C19H21N3OS/c1-12-8-16(11-20-10-12)24-15-5-2-13(3-6-15)19(23)22-18-9-14-4-7-17(18)21-14/h2-3,5-6,8,10-11,14,17-18,21H,4,7,9H2,1H3,(H,22,23)/t14-,17+,18-/m1/s1. The minimum Gasteiger partial charge on any atom is -0.348 e. The van der Waals surface area contributed by atoms with Gasteiger partial charge in [0.05, 0.1) is 0 Å². The van der Waals surface area contributed by atoms with Crippen molar-refractivity contribution in [3.63, 3.8) is 0 Å². The van der Waals surface area contributed by atoms with E-state index in [-0.39, 0.29) is 11.9 Å². The minimum absolute atomic E-state index is 0.0307. The maximum absolute atomic E-state index is 12.4. The van der Waals surface area contributed by atoms with Crippen LogP contribution in [0.25, 0.3) is 0 Å². The van der Waals surface area contributed by atoms with E-state index in [1.807, 2.05) is 43.6 Å². The van der Waals surface area contributed by atoms with E-state index in [1.165, 1.54) is 12.8 Å². The Morgan fingerprint density at radius 1 is 1.21 bits per heavy atom. The van der Waals surface area contributed by atoms with E-state index in [4.69, 9.17) is 0 Å². The highest BCUT2D eigenvalue weighted by Gasteiger charge is 2.39. The van der Waals surface area contributed by atoms with Gasteiger partial charge in [0.2, 0.25) is 0 Å². The van der Waals surface area contributed by atoms with E-state index in [9.17, 15) is 4.79 Å². The first kappa shape index (κ1) is 15.7. The van der Waals surface area contributed by atoms with Crippen molar-refractivity contribution in [2.24, 2.45) is 0 Å². The van der Waals surface area contributed by atoms with Gasteiger partial charge in [0.25, 0.3) is 5.91 Å². The molecule has 2 fully saturated rings. The van der Waals surface area contributed by atoms with Crippen LogP contribution in [0.4, 0.5) is 0 Å². The molecule has 0 aliphatic carbocycles. The van der Waals surface area contributed by atoms with Crippen molar-refractivity contribution in [2.45, 2.75) is 54.1 Å². The normalized spacial score (nSPS) is 25.0. The first-order valence-corrected chi connectivity index (χ1v) is 9.25. The first-order valence-electron chi connectivity index (χ1n) is 8.44. The highest BCUT2D eigenvalue weighted by atomic mass is 32.2. The number of hydrogen-bond donors (Lipinski definition) is 2. The molecule has 0 radical (unpaired) electrons. The maximum atomic E-state index is 12.4. The van der Waals surface area contributed by atoms with E-state index >= 15 is 0 Å². The molecule has 2 aromatic rings. The third-order valence-corrected chi connectivity index (χ3v) is 5.79. The Morgan fingerprint density at radius 3 is 2.71 bits per heavy atom. The van der Waals surface area contributed by atoms with Gasteiger partial charge >= 0.3 is 0 Å². The van der Waals surface area contributed by atoms with Crippen LogP contribution >= 0.6 is 11.8 Å². The van der Waals surface area contributed by atoms with E-state index in [1.54, 1.807) is 11.8 Å². The quantitative estimate of drug-likeness (QED) is 0.898. The van der Waals surface area contributed by atoms with Gasteiger partial charge in [-0.25, -0.2) is 0 Å². The van der Waals surface area contributed by atoms with Crippen molar-refractivity contribution < 1.29 is 4.79 Å². The number of nitrogens with zero attached hydrogens (tertiary/aromatic N) is 1. The number of carbonyl (C=O) groups is 1. The number of aryl methyl sites for hydroxylation is 1. The summed E-state index contributed by atoms with van der Waals surface area (Å²) in [5.74, 6) is 0.0307. The molecule has 3 atom stereocenters. The van der Waals surface area contributed by atoms with Crippen molar-refractivity contribution in [2.75, 3.05) is 0 Å². The Hall–Kier alpha value is -1.85. The summed E-state index contributed by atoms with van der Waals surface area (Å²) in [5.41, 5.74) is 1.87. The molecule has 2 bridgehead atoms. The van der Waals surface area contributed by atoms with Gasteiger partial charge in [0, 0.05) is 45.9 Å². The largest absolute Gasteiger partial charge is 0.348 e. The van der Waals surface area contributed by atoms with Gasteiger partial charge in [0.1, 0.15) is 0 Å². The Bertz CT molecular complexity index is 747. The molecule has 2 N–H and O–H groups in total. The smallest absolute Gasteiger partial charge is 0.251 e. The number of rotatable bonds is 4. The van der Waals surface area contributed by atoms with Crippen LogP contribution in [0, 0.1) is 6.92 Å². The highest BCUT2D eigenvalue weighted by molar-refractivity contribution is 7.99. The van der Waals surface area contributed by atoms with Gasteiger partial charge in [-0.3, -0.25) is 9.78 Å². The molecule has 3 heterocycles. The van der Waals surface area contributed by atoms with Crippen LogP contribution in [0.3, 0.4) is 0 Å². The van der Waals surface area contributed by atoms with E-state index in [0.29, 0.717) is 12.1 Å². The number of hydrogen-bond acceptors (Lipinski definition) is 4. The average molecular weight is 339 g/mol. The number of aromatic nitrogens is 1. The van der Waals surface area contributed by atoms with Crippen molar-refractivity contribution in [3.8, 4) is 0 Å². The summed E-state index contributed by atoms with van der Waals surface area (Å²) >= 11 is 1.66. The topological polar surface area (TPSA) is 54.0 Å². The molecule has 2 saturated heterocycles. The zero-order valence-corrected chi connectivity index (χ0v) is 14.5. The van der Waals surface area contributed by atoms with Gasteiger partial charge in [-0.05, 0) is 62.1 Å². The second-order valence-corrected chi connectivity index (χ2v) is 7.83. The molecule has 5 heteroatoms. The van der Waals surface area contributed by atoms with Gasteiger partial charge < -0.3 is 10.6 Å². The summed E-state index contributed by atoms with van der Waals surface area (Å²) in [6.45, 7) is 2.04. The summed E-state index contributed by atoms with van der Waals surface area (Å²) in [5, 5.41) is 6.74. The molecule has 2 aliphatic rings. The minimum atomic E-state index is 0.0307. The molecule has 0 unspecified atom stereocenters. The number of carbonyl (C=O) groups excluding carboxylic acids is 1. The van der Waals surface area contributed by atoms with Crippen LogP contribution in [0.1, 0.15) is 35.2 Å². The summed E-state index contributed by atoms with van der Waals surface area (Å²) in [7, 11) is 0. The SMILES string of the molecule is Cc1cncc(Sc2ccc(C(=O)N[C@@H]3C[C@H]4CC[C@@H]3N4)cc2)c1. The molecule has 1 aromatic carbocycles. The monoisotopic (exact) mass is 339 g/mol. The Morgan fingerprint density at radius 2 is 2.04 bits per heavy atom. The number of fused-ring (bicyclic) bond motifs is 2. The third kappa shape index (κ3) is 3.32. The number of nitrogens with one attached hydrogen (secondary N) is 2. The Balaban J connectivity index is 1.39. The Kier molecular flexibility index (Phi) is 4.29. The van der Waals surface area contributed by atoms with Crippen molar-refractivity contribution in [1.82, 2.24) is 15.6 Å². The van der Waals surface area contributed by atoms with Crippen molar-refractivity contribution in [3.05, 3.63) is 53.9 Å². The van der Waals surface area contributed by atoms with E-state index < -0.39 is 0 Å². The number of benzene rings is 1. The van der Waals surface area contributed by atoms with Crippen LogP contribution in [0.5, 0.6) is 0 Å². The average Bonchev–Trinajstić information content (AvgIpc) is 3.18. The first-order chi connectivity index (χ1) is 11.7. The molecular weight excluding hydrogens is 318 g/mol. The molecule has 0 spiro atoms. The van der Waals surface area contributed by atoms with Gasteiger partial charge in [-0.15, -0.1) is 0 Å². The van der Waals surface area contributed by atoms with Crippen molar-refractivity contribution in [1.29, 1.82) is 0 Å². The van der Waals surface area contributed by atoms with Crippen LogP contribution in [-0.4, -0.2) is 29.0 Å². The van der Waals surface area contributed by atoms with Crippen LogP contribution in [-0.2, 0) is 0 Å². The Labute approximate surface area is 146 Å². The van der Waals surface area contributed by atoms with E-state index in [2.05, 4.69) is 21.7 Å².